The van der Waals surface area contributed by atoms with E-state index in [2.05, 4.69) is 17.0 Å². The molecule has 3 N–H and O–H groups in total. The highest BCUT2D eigenvalue weighted by Gasteiger charge is 2.46. The summed E-state index contributed by atoms with van der Waals surface area (Å²) in [5, 5.41) is 33.6. The zero-order chi connectivity index (χ0) is 30.4. The first-order chi connectivity index (χ1) is 20.6. The molecule has 4 aliphatic rings. The number of fused-ring (bicyclic) bond motifs is 4. The first-order valence-electron chi connectivity index (χ1n) is 15.5. The summed E-state index contributed by atoms with van der Waals surface area (Å²) in [5.74, 6) is -0.937. The number of benzene rings is 2. The van der Waals surface area contributed by atoms with E-state index in [9.17, 15) is 24.9 Å². The Morgan fingerprint density at radius 2 is 1.98 bits per heavy atom. The van der Waals surface area contributed by atoms with Crippen LogP contribution >= 0.6 is 11.6 Å². The molecule has 5 atom stereocenters. The maximum absolute atomic E-state index is 13.1. The lowest BCUT2D eigenvalue weighted by atomic mass is 9.68. The molecule has 0 saturated heterocycles. The molecule has 2 aromatic carbocycles. The molecule has 2 aromatic rings. The predicted octanol–water partition coefficient (Wildman–Crippen LogP) is 4.67. The minimum absolute atomic E-state index is 0.122. The van der Waals surface area contributed by atoms with Crippen LogP contribution in [0, 0.1) is 11.8 Å². The number of anilines is 1. The second kappa shape index (κ2) is 11.8. The number of hydrogen-bond acceptors (Lipinski definition) is 6. The Balaban J connectivity index is 1.45. The second-order valence-corrected chi connectivity index (χ2v) is 13.4. The van der Waals surface area contributed by atoms with Gasteiger partial charge in [0, 0.05) is 37.1 Å². The van der Waals surface area contributed by atoms with Crippen molar-refractivity contribution in [2.45, 2.75) is 68.5 Å². The van der Waals surface area contributed by atoms with Gasteiger partial charge in [-0.3, -0.25) is 4.79 Å². The molecular weight excluding hydrogens is 568 g/mol. The number of rotatable bonds is 1. The summed E-state index contributed by atoms with van der Waals surface area (Å²) in [7, 11) is 1.62. The van der Waals surface area contributed by atoms with E-state index in [4.69, 9.17) is 16.3 Å². The summed E-state index contributed by atoms with van der Waals surface area (Å²) in [6.07, 6.45) is 8.90. The van der Waals surface area contributed by atoms with Gasteiger partial charge >= 0.3 is 5.97 Å². The minimum Gasteiger partial charge on any atom is -0.490 e. The molecule has 1 fully saturated rings. The van der Waals surface area contributed by atoms with Gasteiger partial charge < -0.3 is 29.9 Å². The molecule has 1 amide bonds. The SMILES string of the molecule is CN1CCC/C=C/[C@H](O)[C@@H]2CC[C@H]2CN2C[C@@]3(CCCc4cc(Cl)ccc43)COc3ccc(cc32)[C@@](O)(C(=O)O)CC1=O. The number of carbonyl (C=O) groups is 2. The smallest absolute Gasteiger partial charge is 0.340 e. The molecule has 6 rings (SSSR count). The van der Waals surface area contributed by atoms with Crippen molar-refractivity contribution in [1.29, 1.82) is 0 Å². The van der Waals surface area contributed by atoms with Gasteiger partial charge in [-0.25, -0.2) is 4.79 Å². The van der Waals surface area contributed by atoms with Crippen LogP contribution in [0.15, 0.2) is 48.6 Å². The van der Waals surface area contributed by atoms with E-state index in [1.165, 1.54) is 16.0 Å². The van der Waals surface area contributed by atoms with Gasteiger partial charge in [-0.05, 0) is 97.7 Å². The number of aryl methyl sites for hydroxylation is 1. The van der Waals surface area contributed by atoms with Crippen LogP contribution in [-0.4, -0.2) is 71.5 Å². The number of halogens is 1. The first-order valence-corrected chi connectivity index (χ1v) is 15.8. The lowest BCUT2D eigenvalue weighted by Crippen LogP contribution is -2.49. The van der Waals surface area contributed by atoms with Gasteiger partial charge in [0.1, 0.15) is 5.75 Å². The number of carbonyl (C=O) groups excluding carboxylic acids is 1. The van der Waals surface area contributed by atoms with Crippen LogP contribution in [-0.2, 0) is 27.0 Å². The van der Waals surface area contributed by atoms with Gasteiger partial charge in [-0.2, -0.15) is 0 Å². The Hall–Kier alpha value is -3.07. The Morgan fingerprint density at radius 3 is 2.74 bits per heavy atom. The third-order valence-electron chi connectivity index (χ3n) is 10.3. The van der Waals surface area contributed by atoms with Gasteiger partial charge in [0.05, 0.1) is 24.8 Å². The quantitative estimate of drug-likeness (QED) is 0.404. The van der Waals surface area contributed by atoms with Crippen LogP contribution in [0.1, 0.15) is 61.6 Å². The normalized spacial score (nSPS) is 32.0. The number of ether oxygens (including phenoxy) is 1. The molecule has 2 aliphatic carbocycles. The zero-order valence-electron chi connectivity index (χ0n) is 24.7. The number of carboxylic acid groups (broad SMARTS) is 1. The summed E-state index contributed by atoms with van der Waals surface area (Å²) in [6, 6.07) is 11.1. The number of hydrogen-bond donors (Lipinski definition) is 3. The number of aliphatic hydroxyl groups is 2. The van der Waals surface area contributed by atoms with Crippen LogP contribution in [0.3, 0.4) is 0 Å². The van der Waals surface area contributed by atoms with Crippen LogP contribution < -0.4 is 9.64 Å². The van der Waals surface area contributed by atoms with Gasteiger partial charge in [0.25, 0.3) is 0 Å². The summed E-state index contributed by atoms with van der Waals surface area (Å²) < 4.78 is 6.54. The van der Waals surface area contributed by atoms with Crippen LogP contribution in [0.2, 0.25) is 5.02 Å². The van der Waals surface area contributed by atoms with Crippen LogP contribution in [0.4, 0.5) is 5.69 Å². The Morgan fingerprint density at radius 1 is 1.14 bits per heavy atom. The summed E-state index contributed by atoms with van der Waals surface area (Å²) >= 11 is 6.39. The van der Waals surface area contributed by atoms with E-state index < -0.39 is 30.0 Å². The van der Waals surface area contributed by atoms with Crippen LogP contribution in [0.5, 0.6) is 5.75 Å². The average molecular weight is 609 g/mol. The summed E-state index contributed by atoms with van der Waals surface area (Å²) in [4.78, 5) is 29.4. The van der Waals surface area contributed by atoms with Gasteiger partial charge in [0.15, 0.2) is 5.60 Å². The Kier molecular flexibility index (Phi) is 8.22. The van der Waals surface area contributed by atoms with Crippen molar-refractivity contribution in [3.63, 3.8) is 0 Å². The fourth-order valence-corrected chi connectivity index (χ4v) is 7.72. The number of amides is 1. The maximum Gasteiger partial charge on any atom is 0.340 e. The first kappa shape index (κ1) is 30.0. The predicted molar refractivity (Wildman–Crippen MR) is 165 cm³/mol. The zero-order valence-corrected chi connectivity index (χ0v) is 25.4. The van der Waals surface area contributed by atoms with E-state index >= 15 is 0 Å². The van der Waals surface area contributed by atoms with Crippen molar-refractivity contribution in [3.8, 4) is 5.75 Å². The molecule has 230 valence electrons. The fraction of sp³-hybridized carbons (Fsp3) is 0.529. The standard InChI is InChI=1S/C34H41ClN2O6/c1-36-15-4-2-3-7-29(38)26-11-8-23(26)19-37-20-33(14-5-6-22-16-25(35)10-12-27(22)33)21-43-30-13-9-24(17-28(30)37)34(42,32(40)41)18-31(36)39/h3,7,9-10,12-13,16-17,23,26,29,38,42H,2,4-6,8,11,14-15,18-21H2,1H3,(H,40,41)/b7-3+/t23-,26+,29-,33-,34+/m0/s1. The number of carboxylic acids is 1. The Bertz CT molecular complexity index is 1430. The molecular formula is C34H41ClN2O6. The van der Waals surface area contributed by atoms with E-state index in [-0.39, 0.29) is 22.8 Å². The molecule has 43 heavy (non-hydrogen) atoms. The van der Waals surface area contributed by atoms with Crippen molar-refractivity contribution in [3.05, 3.63) is 70.3 Å². The number of aliphatic hydroxyl groups excluding tert-OH is 1. The molecule has 0 radical (unpaired) electrons. The lowest BCUT2D eigenvalue weighted by molar-refractivity contribution is -0.164. The number of aliphatic carboxylic acids is 1. The van der Waals surface area contributed by atoms with E-state index in [1.807, 2.05) is 18.2 Å². The summed E-state index contributed by atoms with van der Waals surface area (Å²) in [6.45, 7) is 2.17. The highest BCUT2D eigenvalue weighted by molar-refractivity contribution is 6.30. The van der Waals surface area contributed by atoms with E-state index in [1.54, 1.807) is 25.2 Å². The molecule has 9 heteroatoms. The maximum atomic E-state index is 13.1. The van der Waals surface area contributed by atoms with Crippen LogP contribution in [0.25, 0.3) is 0 Å². The minimum atomic E-state index is -2.40. The second-order valence-electron chi connectivity index (χ2n) is 13.0. The van der Waals surface area contributed by atoms with E-state index in [0.29, 0.717) is 55.5 Å². The molecule has 1 saturated carbocycles. The number of allylic oxidation sites excluding steroid dienone is 1. The highest BCUT2D eigenvalue weighted by atomic mass is 35.5. The van der Waals surface area contributed by atoms with Crippen molar-refractivity contribution < 1.29 is 29.6 Å². The largest absolute Gasteiger partial charge is 0.490 e. The molecule has 0 aromatic heterocycles. The molecule has 2 bridgehead atoms. The van der Waals surface area contributed by atoms with Crippen molar-refractivity contribution >= 4 is 29.2 Å². The molecule has 8 nitrogen and oxygen atoms in total. The number of nitrogens with zero attached hydrogens (tertiary/aromatic N) is 2. The summed E-state index contributed by atoms with van der Waals surface area (Å²) in [5.41, 5.74) is 0.601. The van der Waals surface area contributed by atoms with Gasteiger partial charge in [-0.15, -0.1) is 0 Å². The van der Waals surface area contributed by atoms with E-state index in [0.717, 1.165) is 32.1 Å². The van der Waals surface area contributed by atoms with Crippen molar-refractivity contribution in [2.24, 2.45) is 11.8 Å². The fourth-order valence-electron chi connectivity index (χ4n) is 7.53. The highest BCUT2D eigenvalue weighted by Crippen LogP contribution is 2.47. The average Bonchev–Trinajstić information content (AvgIpc) is 3.11. The molecule has 2 heterocycles. The topological polar surface area (TPSA) is 111 Å². The monoisotopic (exact) mass is 608 g/mol. The van der Waals surface area contributed by atoms with Crippen molar-refractivity contribution in [2.75, 3.05) is 38.2 Å². The van der Waals surface area contributed by atoms with Gasteiger partial charge in [-0.1, -0.05) is 35.9 Å². The molecule has 2 aliphatic heterocycles. The molecule has 0 unspecified atom stereocenters. The lowest BCUT2D eigenvalue weighted by Gasteiger charge is -2.45. The Labute approximate surface area is 257 Å². The third kappa shape index (κ3) is 5.65. The van der Waals surface area contributed by atoms with Crippen molar-refractivity contribution in [1.82, 2.24) is 4.90 Å². The van der Waals surface area contributed by atoms with Gasteiger partial charge in [0.2, 0.25) is 5.91 Å². The molecule has 1 spiro atoms. The third-order valence-corrected chi connectivity index (χ3v) is 10.5.